The van der Waals surface area contributed by atoms with E-state index in [-0.39, 0.29) is 12.1 Å². The molecule has 0 aromatic heterocycles. The quantitative estimate of drug-likeness (QED) is 0.499. The Morgan fingerprint density at radius 2 is 1.77 bits per heavy atom. The Labute approximate surface area is 76.8 Å². The van der Waals surface area contributed by atoms with Crippen molar-refractivity contribution in [3.63, 3.8) is 0 Å². The first-order chi connectivity index (χ1) is 6.04. The van der Waals surface area contributed by atoms with Crippen molar-refractivity contribution in [2.45, 2.75) is 25.9 Å². The number of nitrogens with zero attached hydrogens (tertiary/aromatic N) is 1. The van der Waals surface area contributed by atoms with Gasteiger partial charge in [0.15, 0.2) is 0 Å². The van der Waals surface area contributed by atoms with Crippen LogP contribution in [0.15, 0.2) is 0 Å². The topological polar surface area (TPSA) is 72.6 Å². The van der Waals surface area contributed by atoms with Crippen LogP contribution in [0, 0.1) is 0 Å². The van der Waals surface area contributed by atoms with E-state index in [9.17, 15) is 9.59 Å². The van der Waals surface area contributed by atoms with Gasteiger partial charge in [0.25, 0.3) is 0 Å². The first-order valence-corrected chi connectivity index (χ1v) is 4.24. The van der Waals surface area contributed by atoms with Gasteiger partial charge in [0.05, 0.1) is 25.3 Å². The first kappa shape index (κ1) is 9.98. The minimum Gasteiger partial charge on any atom is -0.377 e. The summed E-state index contributed by atoms with van der Waals surface area (Å²) in [7, 11) is 0. The van der Waals surface area contributed by atoms with Crippen molar-refractivity contribution in [2.24, 2.45) is 5.73 Å². The van der Waals surface area contributed by atoms with Gasteiger partial charge >= 0.3 is 11.8 Å². The van der Waals surface area contributed by atoms with E-state index in [4.69, 9.17) is 10.5 Å². The van der Waals surface area contributed by atoms with Gasteiger partial charge < -0.3 is 15.4 Å². The number of carbonyl (C=O) groups is 2. The van der Waals surface area contributed by atoms with E-state index >= 15 is 0 Å². The molecule has 1 rings (SSSR count). The van der Waals surface area contributed by atoms with Crippen LogP contribution in [0.2, 0.25) is 0 Å². The summed E-state index contributed by atoms with van der Waals surface area (Å²) in [4.78, 5) is 23.5. The van der Waals surface area contributed by atoms with Crippen molar-refractivity contribution in [1.29, 1.82) is 0 Å². The van der Waals surface area contributed by atoms with E-state index in [1.807, 2.05) is 13.8 Å². The highest BCUT2D eigenvalue weighted by atomic mass is 16.5. The predicted molar refractivity (Wildman–Crippen MR) is 45.8 cm³/mol. The molecule has 0 aromatic rings. The third-order valence-electron chi connectivity index (χ3n) is 2.11. The number of morpholine rings is 1. The molecule has 2 atom stereocenters. The highest BCUT2D eigenvalue weighted by molar-refractivity contribution is 6.34. The summed E-state index contributed by atoms with van der Waals surface area (Å²) < 4.78 is 5.21. The summed E-state index contributed by atoms with van der Waals surface area (Å²) in [6.45, 7) is 4.58. The van der Waals surface area contributed by atoms with Crippen LogP contribution in [0.1, 0.15) is 13.8 Å². The summed E-state index contributed by atoms with van der Waals surface area (Å²) in [5, 5.41) is 0. The van der Waals surface area contributed by atoms with Crippen LogP contribution in [0.4, 0.5) is 0 Å². The lowest BCUT2D eigenvalue weighted by atomic mass is 10.1. The minimum absolute atomic E-state index is 0.0799. The van der Waals surface area contributed by atoms with Crippen LogP contribution in [0.5, 0.6) is 0 Å². The SMILES string of the molecule is C[C@@H]1COC[C@H](C)N1C(=O)C(N)=O. The summed E-state index contributed by atoms with van der Waals surface area (Å²) in [5.41, 5.74) is 4.92. The zero-order chi connectivity index (χ0) is 10.0. The molecule has 13 heavy (non-hydrogen) atoms. The van der Waals surface area contributed by atoms with E-state index < -0.39 is 11.8 Å². The average Bonchev–Trinajstić information content (AvgIpc) is 2.03. The van der Waals surface area contributed by atoms with Crippen LogP contribution in [-0.2, 0) is 14.3 Å². The van der Waals surface area contributed by atoms with Crippen LogP contribution in [0.25, 0.3) is 0 Å². The van der Waals surface area contributed by atoms with Gasteiger partial charge in [0.1, 0.15) is 0 Å². The molecule has 0 aliphatic carbocycles. The van der Waals surface area contributed by atoms with E-state index in [0.29, 0.717) is 13.2 Å². The molecule has 1 aliphatic heterocycles. The molecule has 0 unspecified atom stereocenters. The zero-order valence-electron chi connectivity index (χ0n) is 7.82. The normalized spacial score (nSPS) is 28.6. The molecule has 2 amide bonds. The molecule has 5 heteroatoms. The van der Waals surface area contributed by atoms with Gasteiger partial charge in [-0.3, -0.25) is 9.59 Å². The van der Waals surface area contributed by atoms with Crippen LogP contribution in [-0.4, -0.2) is 42.0 Å². The second-order valence-electron chi connectivity index (χ2n) is 3.31. The Kier molecular flexibility index (Phi) is 2.87. The molecule has 0 aromatic carbocycles. The second-order valence-corrected chi connectivity index (χ2v) is 3.31. The van der Waals surface area contributed by atoms with Crippen molar-refractivity contribution in [3.05, 3.63) is 0 Å². The maximum Gasteiger partial charge on any atom is 0.312 e. The molecule has 1 heterocycles. The third kappa shape index (κ3) is 1.98. The van der Waals surface area contributed by atoms with Gasteiger partial charge in [-0.25, -0.2) is 0 Å². The lowest BCUT2D eigenvalue weighted by Crippen LogP contribution is -2.55. The standard InChI is InChI=1S/C8H14N2O3/c1-5-3-13-4-6(2)10(5)8(12)7(9)11/h5-6H,3-4H2,1-2H3,(H2,9,11)/t5-,6+. The number of carbonyl (C=O) groups excluding carboxylic acids is 2. The first-order valence-electron chi connectivity index (χ1n) is 4.24. The maximum absolute atomic E-state index is 11.3. The smallest absolute Gasteiger partial charge is 0.312 e. The Bertz CT molecular complexity index is 219. The van der Waals surface area contributed by atoms with Crippen molar-refractivity contribution in [3.8, 4) is 0 Å². The number of ether oxygens (including phenoxy) is 1. The molecule has 2 N–H and O–H groups in total. The van der Waals surface area contributed by atoms with Crippen molar-refractivity contribution < 1.29 is 14.3 Å². The second kappa shape index (κ2) is 3.74. The van der Waals surface area contributed by atoms with Gasteiger partial charge in [0, 0.05) is 0 Å². The molecule has 1 aliphatic rings. The van der Waals surface area contributed by atoms with Gasteiger partial charge in [0.2, 0.25) is 0 Å². The minimum atomic E-state index is -0.902. The number of rotatable bonds is 0. The Balaban J connectivity index is 2.74. The molecule has 0 radical (unpaired) electrons. The average molecular weight is 186 g/mol. The third-order valence-corrected chi connectivity index (χ3v) is 2.11. The number of primary amides is 1. The molecule has 0 spiro atoms. The predicted octanol–water partition coefficient (Wildman–Crippen LogP) is -0.892. The largest absolute Gasteiger partial charge is 0.377 e. The van der Waals surface area contributed by atoms with Crippen LogP contribution >= 0.6 is 0 Å². The fourth-order valence-electron chi connectivity index (χ4n) is 1.53. The van der Waals surface area contributed by atoms with Gasteiger partial charge in [-0.1, -0.05) is 0 Å². The number of amides is 2. The maximum atomic E-state index is 11.3. The van der Waals surface area contributed by atoms with Crippen molar-refractivity contribution in [1.82, 2.24) is 4.90 Å². The summed E-state index contributed by atoms with van der Waals surface area (Å²) in [5.74, 6) is -1.52. The van der Waals surface area contributed by atoms with E-state index in [1.165, 1.54) is 4.90 Å². The van der Waals surface area contributed by atoms with Gasteiger partial charge in [-0.2, -0.15) is 0 Å². The molecule has 1 fully saturated rings. The summed E-state index contributed by atoms with van der Waals surface area (Å²) in [6.07, 6.45) is 0. The highest BCUT2D eigenvalue weighted by Gasteiger charge is 2.31. The summed E-state index contributed by atoms with van der Waals surface area (Å²) in [6, 6.07) is -0.160. The fourth-order valence-corrected chi connectivity index (χ4v) is 1.53. The van der Waals surface area contributed by atoms with E-state index in [2.05, 4.69) is 0 Å². The lowest BCUT2D eigenvalue weighted by molar-refractivity contribution is -0.153. The van der Waals surface area contributed by atoms with Crippen LogP contribution < -0.4 is 5.73 Å². The van der Waals surface area contributed by atoms with E-state index in [0.717, 1.165) is 0 Å². The van der Waals surface area contributed by atoms with Crippen molar-refractivity contribution in [2.75, 3.05) is 13.2 Å². The Hall–Kier alpha value is -1.10. The van der Waals surface area contributed by atoms with Gasteiger partial charge in [-0.15, -0.1) is 0 Å². The molecular formula is C8H14N2O3. The molecule has 0 bridgehead atoms. The zero-order valence-corrected chi connectivity index (χ0v) is 7.82. The van der Waals surface area contributed by atoms with E-state index in [1.54, 1.807) is 0 Å². The monoisotopic (exact) mass is 186 g/mol. The van der Waals surface area contributed by atoms with Gasteiger partial charge in [-0.05, 0) is 13.8 Å². The molecule has 74 valence electrons. The molecule has 1 saturated heterocycles. The fraction of sp³-hybridized carbons (Fsp3) is 0.750. The van der Waals surface area contributed by atoms with Crippen LogP contribution in [0.3, 0.4) is 0 Å². The Morgan fingerprint density at radius 1 is 1.31 bits per heavy atom. The molecule has 0 saturated carbocycles. The highest BCUT2D eigenvalue weighted by Crippen LogP contribution is 2.12. The Morgan fingerprint density at radius 3 is 2.15 bits per heavy atom. The van der Waals surface area contributed by atoms with Crippen molar-refractivity contribution >= 4 is 11.8 Å². The summed E-state index contributed by atoms with van der Waals surface area (Å²) >= 11 is 0. The number of hydrogen-bond acceptors (Lipinski definition) is 3. The number of nitrogens with two attached hydrogens (primary N) is 1. The number of hydrogen-bond donors (Lipinski definition) is 1. The molecule has 5 nitrogen and oxygen atoms in total. The molecular weight excluding hydrogens is 172 g/mol. The lowest BCUT2D eigenvalue weighted by Gasteiger charge is -2.37.